The fraction of sp³-hybridized carbons (Fsp3) is 0.733. The van der Waals surface area contributed by atoms with Gasteiger partial charge in [0.05, 0.1) is 6.54 Å². The standard InChI is InChI=1S/C15H27N3O2/c1-12(2)8-9-16-13(18-10-6-7-11-18)17-14(19)20-15(3,4)5/h8H,6-7,9-11H2,1-5H3,(H,16,17,19). The Kier molecular flexibility index (Phi) is 6.05. The van der Waals surface area contributed by atoms with E-state index in [1.807, 2.05) is 40.7 Å². The molecule has 0 aromatic rings. The lowest BCUT2D eigenvalue weighted by atomic mass is 10.2. The highest BCUT2D eigenvalue weighted by Crippen LogP contribution is 2.10. The Morgan fingerprint density at radius 2 is 1.90 bits per heavy atom. The number of guanidine groups is 1. The summed E-state index contributed by atoms with van der Waals surface area (Å²) in [6.07, 6.45) is 3.86. The predicted molar refractivity (Wildman–Crippen MR) is 81.9 cm³/mol. The Balaban J connectivity index is 2.67. The van der Waals surface area contributed by atoms with Gasteiger partial charge in [-0.1, -0.05) is 11.6 Å². The fourth-order valence-electron chi connectivity index (χ4n) is 1.86. The largest absolute Gasteiger partial charge is 0.444 e. The summed E-state index contributed by atoms with van der Waals surface area (Å²) < 4.78 is 5.28. The molecule has 0 atom stereocenters. The minimum absolute atomic E-state index is 0.444. The minimum Gasteiger partial charge on any atom is -0.444 e. The maximum absolute atomic E-state index is 11.9. The lowest BCUT2D eigenvalue weighted by molar-refractivity contribution is 0.0557. The first-order chi connectivity index (χ1) is 9.28. The van der Waals surface area contributed by atoms with Crippen LogP contribution in [0.25, 0.3) is 0 Å². The first-order valence-corrected chi connectivity index (χ1v) is 7.21. The van der Waals surface area contributed by atoms with E-state index in [9.17, 15) is 4.79 Å². The van der Waals surface area contributed by atoms with E-state index in [1.54, 1.807) is 0 Å². The van der Waals surface area contributed by atoms with E-state index in [1.165, 1.54) is 5.57 Å². The number of ether oxygens (including phenoxy) is 1. The quantitative estimate of drug-likeness (QED) is 0.481. The van der Waals surface area contributed by atoms with Crippen molar-refractivity contribution in [2.75, 3.05) is 19.6 Å². The van der Waals surface area contributed by atoms with E-state index in [-0.39, 0.29) is 0 Å². The van der Waals surface area contributed by atoms with E-state index in [0.29, 0.717) is 12.5 Å². The van der Waals surface area contributed by atoms with Crippen LogP contribution in [0.3, 0.4) is 0 Å². The molecule has 0 saturated carbocycles. The van der Waals surface area contributed by atoms with Crippen molar-refractivity contribution in [1.82, 2.24) is 10.2 Å². The SMILES string of the molecule is CC(C)=CCN=C(NC(=O)OC(C)(C)C)N1CCCC1. The number of nitrogens with zero attached hydrogens (tertiary/aromatic N) is 2. The molecule has 1 fully saturated rings. The van der Waals surface area contributed by atoms with Crippen molar-refractivity contribution in [2.45, 2.75) is 53.1 Å². The second-order valence-corrected chi connectivity index (χ2v) is 6.27. The van der Waals surface area contributed by atoms with Gasteiger partial charge in [-0.3, -0.25) is 5.32 Å². The Morgan fingerprint density at radius 1 is 1.30 bits per heavy atom. The van der Waals surface area contributed by atoms with Crippen molar-refractivity contribution < 1.29 is 9.53 Å². The van der Waals surface area contributed by atoms with Crippen LogP contribution >= 0.6 is 0 Å². The van der Waals surface area contributed by atoms with Crippen LogP contribution in [0.15, 0.2) is 16.6 Å². The molecule has 0 unspecified atom stereocenters. The van der Waals surface area contributed by atoms with Crippen LogP contribution in [0.4, 0.5) is 4.79 Å². The molecule has 1 saturated heterocycles. The third-order valence-corrected chi connectivity index (χ3v) is 2.76. The van der Waals surface area contributed by atoms with Crippen LogP contribution < -0.4 is 5.32 Å². The number of amides is 1. The molecule has 1 heterocycles. The van der Waals surface area contributed by atoms with E-state index >= 15 is 0 Å². The average Bonchev–Trinajstić information content (AvgIpc) is 2.77. The number of hydrogen-bond acceptors (Lipinski definition) is 3. The van der Waals surface area contributed by atoms with Crippen LogP contribution in [0.2, 0.25) is 0 Å². The van der Waals surface area contributed by atoms with Crippen LogP contribution in [-0.4, -0.2) is 42.2 Å². The van der Waals surface area contributed by atoms with E-state index in [0.717, 1.165) is 25.9 Å². The van der Waals surface area contributed by atoms with Gasteiger partial charge in [0.1, 0.15) is 5.60 Å². The molecule has 1 aliphatic rings. The van der Waals surface area contributed by atoms with Crippen molar-refractivity contribution in [3.05, 3.63) is 11.6 Å². The normalized spacial score (nSPS) is 16.1. The molecule has 0 bridgehead atoms. The molecule has 0 aromatic heterocycles. The van der Waals surface area contributed by atoms with Crippen molar-refractivity contribution in [3.8, 4) is 0 Å². The lowest BCUT2D eigenvalue weighted by Crippen LogP contribution is -2.45. The second-order valence-electron chi connectivity index (χ2n) is 6.27. The van der Waals surface area contributed by atoms with Crippen LogP contribution in [0.1, 0.15) is 47.5 Å². The molecule has 0 aliphatic carbocycles. The maximum atomic E-state index is 11.9. The van der Waals surface area contributed by atoms with E-state index < -0.39 is 11.7 Å². The molecule has 1 rings (SSSR count). The molecule has 114 valence electrons. The van der Waals surface area contributed by atoms with Crippen LogP contribution in [0.5, 0.6) is 0 Å². The van der Waals surface area contributed by atoms with Crippen LogP contribution in [-0.2, 0) is 4.74 Å². The molecule has 5 nitrogen and oxygen atoms in total. The molecule has 1 amide bonds. The number of hydrogen-bond donors (Lipinski definition) is 1. The lowest BCUT2D eigenvalue weighted by Gasteiger charge is -2.23. The number of carbonyl (C=O) groups is 1. The van der Waals surface area contributed by atoms with Crippen molar-refractivity contribution >= 4 is 12.1 Å². The average molecular weight is 281 g/mol. The van der Waals surface area contributed by atoms with Crippen molar-refractivity contribution in [1.29, 1.82) is 0 Å². The summed E-state index contributed by atoms with van der Waals surface area (Å²) in [6, 6.07) is 0. The zero-order chi connectivity index (χ0) is 15.2. The molecule has 0 spiro atoms. The molecular weight excluding hydrogens is 254 g/mol. The summed E-state index contributed by atoms with van der Waals surface area (Å²) in [5.74, 6) is 0.620. The van der Waals surface area contributed by atoms with E-state index in [4.69, 9.17) is 4.74 Å². The first-order valence-electron chi connectivity index (χ1n) is 7.21. The van der Waals surface area contributed by atoms with E-state index in [2.05, 4.69) is 15.2 Å². The molecular formula is C15H27N3O2. The summed E-state index contributed by atoms with van der Waals surface area (Å²) in [6.45, 7) is 12.1. The topological polar surface area (TPSA) is 53.9 Å². The van der Waals surface area contributed by atoms with Crippen LogP contribution in [0, 0.1) is 0 Å². The number of rotatable bonds is 2. The third-order valence-electron chi connectivity index (χ3n) is 2.76. The number of likely N-dealkylation sites (tertiary alicyclic amines) is 1. The highest BCUT2D eigenvalue weighted by molar-refractivity contribution is 5.94. The highest BCUT2D eigenvalue weighted by atomic mass is 16.6. The minimum atomic E-state index is -0.500. The molecule has 1 N–H and O–H groups in total. The predicted octanol–water partition coefficient (Wildman–Crippen LogP) is 2.93. The second kappa shape index (κ2) is 7.31. The van der Waals surface area contributed by atoms with Gasteiger partial charge in [-0.2, -0.15) is 0 Å². The van der Waals surface area contributed by atoms with Gasteiger partial charge in [0, 0.05) is 13.1 Å². The van der Waals surface area contributed by atoms with Crippen molar-refractivity contribution in [2.24, 2.45) is 4.99 Å². The summed E-state index contributed by atoms with van der Waals surface area (Å²) in [5.41, 5.74) is 0.715. The highest BCUT2D eigenvalue weighted by Gasteiger charge is 2.21. The number of alkyl carbamates (subject to hydrolysis) is 1. The monoisotopic (exact) mass is 281 g/mol. The Bertz CT molecular complexity index is 384. The zero-order valence-corrected chi connectivity index (χ0v) is 13.3. The maximum Gasteiger partial charge on any atom is 0.414 e. The van der Waals surface area contributed by atoms with Gasteiger partial charge < -0.3 is 9.64 Å². The van der Waals surface area contributed by atoms with Gasteiger partial charge in [-0.15, -0.1) is 0 Å². The molecule has 1 aliphatic heterocycles. The smallest absolute Gasteiger partial charge is 0.414 e. The molecule has 0 aromatic carbocycles. The molecule has 5 heteroatoms. The molecule has 20 heavy (non-hydrogen) atoms. The Hall–Kier alpha value is -1.52. The summed E-state index contributed by atoms with van der Waals surface area (Å²) in [5, 5.41) is 2.77. The third kappa shape index (κ3) is 6.59. The summed E-state index contributed by atoms with van der Waals surface area (Å²) >= 11 is 0. The van der Waals surface area contributed by atoms with Gasteiger partial charge in [0.15, 0.2) is 0 Å². The number of nitrogens with one attached hydrogen (secondary N) is 1. The number of carbonyl (C=O) groups excluding carboxylic acids is 1. The van der Waals surface area contributed by atoms with Gasteiger partial charge >= 0.3 is 6.09 Å². The summed E-state index contributed by atoms with van der Waals surface area (Å²) in [4.78, 5) is 18.4. The fourth-order valence-corrected chi connectivity index (χ4v) is 1.86. The first kappa shape index (κ1) is 16.5. The van der Waals surface area contributed by atoms with Gasteiger partial charge in [-0.25, -0.2) is 9.79 Å². The Morgan fingerprint density at radius 3 is 2.40 bits per heavy atom. The summed E-state index contributed by atoms with van der Waals surface area (Å²) in [7, 11) is 0. The zero-order valence-electron chi connectivity index (χ0n) is 13.3. The molecule has 0 radical (unpaired) electrons. The van der Waals surface area contributed by atoms with Gasteiger partial charge in [0.25, 0.3) is 0 Å². The van der Waals surface area contributed by atoms with Gasteiger partial charge in [0.2, 0.25) is 5.96 Å². The Labute approximate surface area is 122 Å². The number of allylic oxidation sites excluding steroid dienone is 1. The van der Waals surface area contributed by atoms with Crippen molar-refractivity contribution in [3.63, 3.8) is 0 Å². The van der Waals surface area contributed by atoms with Gasteiger partial charge in [-0.05, 0) is 47.5 Å². The number of aliphatic imine (C=N–C) groups is 1.